The predicted molar refractivity (Wildman–Crippen MR) is 83.7 cm³/mol. The van der Waals surface area contributed by atoms with Gasteiger partial charge in [0.25, 0.3) is 0 Å². The van der Waals surface area contributed by atoms with Crippen molar-refractivity contribution < 1.29 is 4.74 Å². The number of hydrogen-bond acceptors (Lipinski definition) is 3. The minimum absolute atomic E-state index is 0.355. The molecule has 0 aromatic heterocycles. The number of likely N-dealkylation sites (N-methyl/N-ethyl adjacent to an activating group) is 2. The summed E-state index contributed by atoms with van der Waals surface area (Å²) in [7, 11) is 4.39. The van der Waals surface area contributed by atoms with Crippen LogP contribution in [0, 0.1) is 0 Å². The number of rotatable bonds is 7. The molecule has 1 saturated heterocycles. The molecule has 0 saturated carbocycles. The maximum absolute atomic E-state index is 5.77. The Kier molecular flexibility index (Phi) is 5.77. The van der Waals surface area contributed by atoms with Crippen LogP contribution in [-0.2, 0) is 11.3 Å². The minimum Gasteiger partial charge on any atom is -0.373 e. The maximum Gasteiger partial charge on any atom is 0.0721 e. The Morgan fingerprint density at radius 2 is 2.15 bits per heavy atom. The summed E-state index contributed by atoms with van der Waals surface area (Å²) in [6, 6.07) is 11.2. The molecule has 0 radical (unpaired) electrons. The molecule has 0 unspecified atom stereocenters. The summed E-state index contributed by atoms with van der Waals surface area (Å²) in [4.78, 5) is 4.81. The highest BCUT2D eigenvalue weighted by Crippen LogP contribution is 2.19. The largest absolute Gasteiger partial charge is 0.373 e. The second-order valence-electron chi connectivity index (χ2n) is 5.76. The Morgan fingerprint density at radius 3 is 2.85 bits per heavy atom. The lowest BCUT2D eigenvalue weighted by atomic mass is 10.1. The van der Waals surface area contributed by atoms with Gasteiger partial charge in [-0.05, 0) is 26.1 Å². The van der Waals surface area contributed by atoms with E-state index in [0.29, 0.717) is 18.8 Å². The van der Waals surface area contributed by atoms with Crippen molar-refractivity contribution in [3.63, 3.8) is 0 Å². The molecule has 0 bridgehead atoms. The quantitative estimate of drug-likeness (QED) is 0.710. The molecule has 1 aromatic rings. The number of hydrogen-bond donors (Lipinski definition) is 0. The molecule has 20 heavy (non-hydrogen) atoms. The molecule has 1 fully saturated rings. The van der Waals surface area contributed by atoms with Gasteiger partial charge in [-0.1, -0.05) is 36.4 Å². The van der Waals surface area contributed by atoms with Crippen LogP contribution >= 0.6 is 0 Å². The van der Waals surface area contributed by atoms with Crippen LogP contribution in [0.2, 0.25) is 0 Å². The van der Waals surface area contributed by atoms with E-state index in [2.05, 4.69) is 60.8 Å². The Balaban J connectivity index is 1.79. The molecule has 0 spiro atoms. The summed E-state index contributed by atoms with van der Waals surface area (Å²) < 4.78 is 5.77. The van der Waals surface area contributed by atoms with E-state index < -0.39 is 0 Å². The Labute approximate surface area is 122 Å². The van der Waals surface area contributed by atoms with Crippen molar-refractivity contribution in [1.29, 1.82) is 0 Å². The van der Waals surface area contributed by atoms with E-state index in [0.717, 1.165) is 26.1 Å². The van der Waals surface area contributed by atoms with E-state index in [1.807, 2.05) is 6.08 Å². The molecular formula is C17H26N2O. The minimum atomic E-state index is 0.355. The molecule has 1 aliphatic rings. The summed E-state index contributed by atoms with van der Waals surface area (Å²) in [6.45, 7) is 7.48. The van der Waals surface area contributed by atoms with E-state index in [1.54, 1.807) is 0 Å². The molecule has 1 aromatic carbocycles. The Hall–Kier alpha value is -1.16. The molecule has 3 heteroatoms. The van der Waals surface area contributed by atoms with E-state index in [-0.39, 0.29) is 0 Å². The zero-order valence-electron chi connectivity index (χ0n) is 12.7. The van der Waals surface area contributed by atoms with Gasteiger partial charge in [0.15, 0.2) is 0 Å². The fourth-order valence-electron chi connectivity index (χ4n) is 2.89. The number of ether oxygens (including phenoxy) is 1. The van der Waals surface area contributed by atoms with E-state index >= 15 is 0 Å². The summed E-state index contributed by atoms with van der Waals surface area (Å²) in [5, 5.41) is 0. The van der Waals surface area contributed by atoms with Crippen LogP contribution in [0.1, 0.15) is 12.0 Å². The Morgan fingerprint density at radius 1 is 1.40 bits per heavy atom. The lowest BCUT2D eigenvalue weighted by molar-refractivity contribution is 0.0822. The summed E-state index contributed by atoms with van der Waals surface area (Å²) in [5.74, 6) is 0. The van der Waals surface area contributed by atoms with Crippen LogP contribution in [0.3, 0.4) is 0 Å². The van der Waals surface area contributed by atoms with E-state index in [4.69, 9.17) is 4.74 Å². The predicted octanol–water partition coefficient (Wildman–Crippen LogP) is 2.39. The highest BCUT2D eigenvalue weighted by molar-refractivity contribution is 5.14. The summed E-state index contributed by atoms with van der Waals surface area (Å²) in [6.07, 6.45) is 3.30. The van der Waals surface area contributed by atoms with Gasteiger partial charge in [-0.3, -0.25) is 4.90 Å². The highest BCUT2D eigenvalue weighted by Gasteiger charge is 2.30. The first-order chi connectivity index (χ1) is 9.69. The van der Waals surface area contributed by atoms with Gasteiger partial charge < -0.3 is 9.64 Å². The smallest absolute Gasteiger partial charge is 0.0721 e. The molecule has 0 N–H and O–H groups in total. The van der Waals surface area contributed by atoms with Gasteiger partial charge in [0.05, 0.1) is 12.7 Å². The van der Waals surface area contributed by atoms with E-state index in [1.165, 1.54) is 5.56 Å². The second kappa shape index (κ2) is 7.58. The molecule has 1 aliphatic heterocycles. The fourth-order valence-corrected chi connectivity index (χ4v) is 2.89. The van der Waals surface area contributed by atoms with Crippen molar-refractivity contribution in [3.05, 3.63) is 48.6 Å². The van der Waals surface area contributed by atoms with Crippen molar-refractivity contribution in [2.75, 3.05) is 33.8 Å². The van der Waals surface area contributed by atoms with Gasteiger partial charge in [0.1, 0.15) is 0 Å². The van der Waals surface area contributed by atoms with Crippen LogP contribution in [0.25, 0.3) is 0 Å². The number of likely N-dealkylation sites (tertiary alicyclic amines) is 1. The first-order valence-corrected chi connectivity index (χ1v) is 7.34. The van der Waals surface area contributed by atoms with Crippen molar-refractivity contribution in [2.24, 2.45) is 0 Å². The van der Waals surface area contributed by atoms with Crippen LogP contribution in [0.15, 0.2) is 43.0 Å². The summed E-state index contributed by atoms with van der Waals surface area (Å²) >= 11 is 0. The fraction of sp³-hybridized carbons (Fsp3) is 0.529. The average Bonchev–Trinajstić information content (AvgIpc) is 2.78. The molecule has 0 aliphatic carbocycles. The van der Waals surface area contributed by atoms with Crippen molar-refractivity contribution in [1.82, 2.24) is 9.80 Å². The van der Waals surface area contributed by atoms with Gasteiger partial charge >= 0.3 is 0 Å². The highest BCUT2D eigenvalue weighted by atomic mass is 16.5. The van der Waals surface area contributed by atoms with Crippen molar-refractivity contribution in [2.45, 2.75) is 25.1 Å². The number of benzene rings is 1. The second-order valence-corrected chi connectivity index (χ2v) is 5.76. The molecular weight excluding hydrogens is 248 g/mol. The van der Waals surface area contributed by atoms with Gasteiger partial charge in [-0.15, -0.1) is 6.58 Å². The van der Waals surface area contributed by atoms with Crippen LogP contribution in [0.5, 0.6) is 0 Å². The third-order valence-electron chi connectivity index (χ3n) is 3.92. The monoisotopic (exact) mass is 274 g/mol. The van der Waals surface area contributed by atoms with Crippen LogP contribution in [0.4, 0.5) is 0 Å². The molecule has 110 valence electrons. The molecule has 2 atom stereocenters. The molecule has 0 amide bonds. The molecule has 1 heterocycles. The first kappa shape index (κ1) is 15.2. The topological polar surface area (TPSA) is 15.7 Å². The maximum atomic E-state index is 5.77. The van der Waals surface area contributed by atoms with Gasteiger partial charge in [0, 0.05) is 25.7 Å². The average molecular weight is 274 g/mol. The van der Waals surface area contributed by atoms with Crippen molar-refractivity contribution in [3.8, 4) is 0 Å². The lowest BCUT2D eigenvalue weighted by Gasteiger charge is -2.25. The Bertz CT molecular complexity index is 407. The zero-order chi connectivity index (χ0) is 14.4. The zero-order valence-corrected chi connectivity index (χ0v) is 12.7. The van der Waals surface area contributed by atoms with Crippen LogP contribution < -0.4 is 0 Å². The molecule has 3 nitrogen and oxygen atoms in total. The standard InChI is InChI=1S/C17H26N2O/c1-4-10-20-17-11-16(19(3)14-17)13-18(2)12-15-8-6-5-7-9-15/h4-9,16-17H,1,10-14H2,2-3H3/t16-,17+/m0/s1. The SMILES string of the molecule is C=CCO[C@@H]1C[C@@H](CN(C)Cc2ccccc2)N(C)C1. The van der Waals surface area contributed by atoms with Crippen molar-refractivity contribution >= 4 is 0 Å². The van der Waals surface area contributed by atoms with Gasteiger partial charge in [-0.25, -0.2) is 0 Å². The number of nitrogens with zero attached hydrogens (tertiary/aromatic N) is 2. The van der Waals surface area contributed by atoms with Gasteiger partial charge in [0.2, 0.25) is 0 Å². The van der Waals surface area contributed by atoms with Crippen LogP contribution in [-0.4, -0.2) is 55.7 Å². The molecule has 2 rings (SSSR count). The normalized spacial score (nSPS) is 23.4. The van der Waals surface area contributed by atoms with Gasteiger partial charge in [-0.2, -0.15) is 0 Å². The third-order valence-corrected chi connectivity index (χ3v) is 3.92. The first-order valence-electron chi connectivity index (χ1n) is 7.34. The van der Waals surface area contributed by atoms with E-state index in [9.17, 15) is 0 Å². The summed E-state index contributed by atoms with van der Waals surface area (Å²) in [5.41, 5.74) is 1.37. The third kappa shape index (κ3) is 4.44. The lowest BCUT2D eigenvalue weighted by Crippen LogP contribution is -2.36.